The molecule has 0 saturated carbocycles. The Balaban J connectivity index is 2.08. The Labute approximate surface area is 116 Å². The average molecular weight is 270 g/mol. The molecule has 1 aliphatic rings. The zero-order valence-electron chi connectivity index (χ0n) is 10.9. The summed E-state index contributed by atoms with van der Waals surface area (Å²) in [6, 6.07) is 14.3. The van der Waals surface area contributed by atoms with Crippen molar-refractivity contribution in [1.29, 1.82) is 0 Å². The van der Waals surface area contributed by atoms with Gasteiger partial charge in [0, 0.05) is 0 Å². The Morgan fingerprint density at radius 2 is 1.85 bits per heavy atom. The molecule has 0 aromatic heterocycles. The van der Waals surface area contributed by atoms with Crippen molar-refractivity contribution in [2.45, 2.75) is 12.2 Å². The number of carbonyl (C=O) groups excluding carboxylic acids is 1. The molecule has 1 aliphatic heterocycles. The third-order valence-corrected chi connectivity index (χ3v) is 3.39. The lowest BCUT2D eigenvalue weighted by atomic mass is 9.93. The molecule has 2 aromatic rings. The molecule has 4 nitrogen and oxygen atoms in total. The summed E-state index contributed by atoms with van der Waals surface area (Å²) in [5.41, 5.74) is 1.11. The fourth-order valence-corrected chi connectivity index (χ4v) is 2.37. The number of rotatable bonds is 2. The van der Waals surface area contributed by atoms with Crippen LogP contribution in [0.5, 0.6) is 11.5 Å². The number of ketones is 1. The minimum absolute atomic E-state index is 0.348. The number of fused-ring (bicyclic) bond motifs is 1. The molecule has 0 radical (unpaired) electrons. The van der Waals surface area contributed by atoms with Crippen molar-refractivity contribution in [3.63, 3.8) is 0 Å². The number of methoxy groups -OCH3 is 1. The topological polar surface area (TPSA) is 55.8 Å². The molecule has 3 rings (SSSR count). The Hall–Kier alpha value is -2.33. The van der Waals surface area contributed by atoms with Crippen LogP contribution in [0.4, 0.5) is 0 Å². The van der Waals surface area contributed by atoms with Crippen LogP contribution in [0.3, 0.4) is 0 Å². The van der Waals surface area contributed by atoms with E-state index in [0.29, 0.717) is 17.1 Å². The largest absolute Gasteiger partial charge is 0.493 e. The van der Waals surface area contributed by atoms with Gasteiger partial charge in [-0.05, 0) is 17.7 Å². The van der Waals surface area contributed by atoms with Crippen LogP contribution in [0.15, 0.2) is 48.5 Å². The van der Waals surface area contributed by atoms with Crippen molar-refractivity contribution in [2.24, 2.45) is 0 Å². The minimum atomic E-state index is -1.21. The molecule has 0 spiro atoms. The first kappa shape index (κ1) is 12.7. The van der Waals surface area contributed by atoms with E-state index in [9.17, 15) is 9.90 Å². The number of para-hydroxylation sites is 1. The number of hydrogen-bond donors (Lipinski definition) is 1. The summed E-state index contributed by atoms with van der Waals surface area (Å²) in [5.74, 6) is 0.529. The van der Waals surface area contributed by atoms with Gasteiger partial charge in [0.2, 0.25) is 0 Å². The highest BCUT2D eigenvalue weighted by molar-refractivity contribution is 6.03. The molecule has 0 aliphatic carbocycles. The summed E-state index contributed by atoms with van der Waals surface area (Å²) in [4.78, 5) is 12.3. The molecule has 1 heterocycles. The molecule has 0 fully saturated rings. The lowest BCUT2D eigenvalue weighted by molar-refractivity contribution is 0.0204. The van der Waals surface area contributed by atoms with E-state index in [-0.39, 0.29) is 5.78 Å². The zero-order valence-corrected chi connectivity index (χ0v) is 10.9. The predicted molar refractivity (Wildman–Crippen MR) is 73.1 cm³/mol. The molecule has 102 valence electrons. The van der Waals surface area contributed by atoms with E-state index in [0.717, 1.165) is 5.56 Å². The minimum Gasteiger partial charge on any atom is -0.493 e. The van der Waals surface area contributed by atoms with Crippen LogP contribution >= 0.6 is 0 Å². The quantitative estimate of drug-likeness (QED) is 0.910. The van der Waals surface area contributed by atoms with Gasteiger partial charge in [-0.15, -0.1) is 0 Å². The molecule has 2 aromatic carbocycles. The number of hydrogen-bond acceptors (Lipinski definition) is 4. The smallest absolute Gasteiger partial charge is 0.199 e. The van der Waals surface area contributed by atoms with E-state index in [1.165, 1.54) is 7.11 Å². The first-order chi connectivity index (χ1) is 9.72. The van der Waals surface area contributed by atoms with E-state index in [4.69, 9.17) is 9.47 Å². The Morgan fingerprint density at radius 3 is 2.55 bits per heavy atom. The number of ether oxygens (including phenoxy) is 2. The summed E-state index contributed by atoms with van der Waals surface area (Å²) in [7, 11) is 1.52. The molecule has 0 bridgehead atoms. The van der Waals surface area contributed by atoms with Gasteiger partial charge in [0.15, 0.2) is 29.5 Å². The molecule has 0 amide bonds. The standard InChI is InChI=1S/C16H14O4/c1-19-12-9-5-8-11-13(17)14(18)15(20-16(11)12)10-6-3-2-4-7-10/h2-9,14-15,18H,1H3. The van der Waals surface area contributed by atoms with E-state index in [1.54, 1.807) is 18.2 Å². The van der Waals surface area contributed by atoms with Gasteiger partial charge in [-0.3, -0.25) is 4.79 Å². The maximum Gasteiger partial charge on any atom is 0.199 e. The van der Waals surface area contributed by atoms with Crippen LogP contribution in [0.2, 0.25) is 0 Å². The Kier molecular flexibility index (Phi) is 3.16. The lowest BCUT2D eigenvalue weighted by Crippen LogP contribution is -2.36. The average Bonchev–Trinajstić information content (AvgIpc) is 2.51. The van der Waals surface area contributed by atoms with Crippen LogP contribution in [-0.4, -0.2) is 24.1 Å². The van der Waals surface area contributed by atoms with E-state index >= 15 is 0 Å². The lowest BCUT2D eigenvalue weighted by Gasteiger charge is -2.30. The first-order valence-corrected chi connectivity index (χ1v) is 6.33. The molecule has 2 atom stereocenters. The van der Waals surface area contributed by atoms with Crippen LogP contribution in [-0.2, 0) is 0 Å². The van der Waals surface area contributed by atoms with Crippen LogP contribution in [0, 0.1) is 0 Å². The van der Waals surface area contributed by atoms with Crippen molar-refractivity contribution >= 4 is 5.78 Å². The maximum atomic E-state index is 12.3. The monoisotopic (exact) mass is 270 g/mol. The predicted octanol–water partition coefficient (Wildman–Crippen LogP) is 2.37. The summed E-state index contributed by atoms with van der Waals surface area (Å²) in [6.45, 7) is 0. The molecule has 1 N–H and O–H groups in total. The number of aliphatic hydroxyl groups excluding tert-OH is 1. The van der Waals surface area contributed by atoms with Gasteiger partial charge in [-0.2, -0.15) is 0 Å². The first-order valence-electron chi connectivity index (χ1n) is 6.33. The second-order valence-corrected chi connectivity index (χ2v) is 4.60. The number of aliphatic hydroxyl groups is 1. The summed E-state index contributed by atoms with van der Waals surface area (Å²) >= 11 is 0. The second-order valence-electron chi connectivity index (χ2n) is 4.60. The van der Waals surface area contributed by atoms with E-state index in [2.05, 4.69) is 0 Å². The summed E-state index contributed by atoms with van der Waals surface area (Å²) in [6.07, 6.45) is -1.93. The van der Waals surface area contributed by atoms with Gasteiger partial charge < -0.3 is 14.6 Å². The van der Waals surface area contributed by atoms with Crippen molar-refractivity contribution in [3.05, 3.63) is 59.7 Å². The number of benzene rings is 2. The summed E-state index contributed by atoms with van der Waals surface area (Å²) in [5, 5.41) is 10.2. The van der Waals surface area contributed by atoms with E-state index < -0.39 is 12.2 Å². The SMILES string of the molecule is COc1cccc2c1OC(c1ccccc1)C(O)C2=O. The molecule has 20 heavy (non-hydrogen) atoms. The highest BCUT2D eigenvalue weighted by Gasteiger charge is 2.38. The number of carbonyl (C=O) groups is 1. The van der Waals surface area contributed by atoms with Gasteiger partial charge in [-0.1, -0.05) is 36.4 Å². The highest BCUT2D eigenvalue weighted by Crippen LogP contribution is 2.40. The normalized spacial score (nSPS) is 21.0. The molecule has 0 saturated heterocycles. The van der Waals surface area contributed by atoms with Gasteiger partial charge in [0.1, 0.15) is 0 Å². The fraction of sp³-hybridized carbons (Fsp3) is 0.188. The Morgan fingerprint density at radius 1 is 1.10 bits per heavy atom. The number of Topliss-reactive ketones (excluding diaryl/α,β-unsaturated/α-hetero) is 1. The van der Waals surface area contributed by atoms with Gasteiger partial charge in [0.05, 0.1) is 12.7 Å². The van der Waals surface area contributed by atoms with Crippen LogP contribution in [0.1, 0.15) is 22.0 Å². The van der Waals surface area contributed by atoms with Crippen LogP contribution < -0.4 is 9.47 Å². The van der Waals surface area contributed by atoms with Crippen molar-refractivity contribution in [3.8, 4) is 11.5 Å². The van der Waals surface area contributed by atoms with Gasteiger partial charge >= 0.3 is 0 Å². The Bertz CT molecular complexity index is 636. The molecular formula is C16H14O4. The third kappa shape index (κ3) is 1.94. The molecular weight excluding hydrogens is 256 g/mol. The van der Waals surface area contributed by atoms with E-state index in [1.807, 2.05) is 30.3 Å². The van der Waals surface area contributed by atoms with Crippen molar-refractivity contribution < 1.29 is 19.4 Å². The van der Waals surface area contributed by atoms with Crippen LogP contribution in [0.25, 0.3) is 0 Å². The molecule has 4 heteroatoms. The van der Waals surface area contributed by atoms with Crippen molar-refractivity contribution in [2.75, 3.05) is 7.11 Å². The van der Waals surface area contributed by atoms with Crippen molar-refractivity contribution in [1.82, 2.24) is 0 Å². The molecule has 2 unspecified atom stereocenters. The third-order valence-electron chi connectivity index (χ3n) is 3.39. The second kappa shape index (κ2) is 4.98. The van der Waals surface area contributed by atoms with Gasteiger partial charge in [-0.25, -0.2) is 0 Å². The fourth-order valence-electron chi connectivity index (χ4n) is 2.37. The highest BCUT2D eigenvalue weighted by atomic mass is 16.5. The van der Waals surface area contributed by atoms with Gasteiger partial charge in [0.25, 0.3) is 0 Å². The zero-order chi connectivity index (χ0) is 14.1. The summed E-state index contributed by atoms with van der Waals surface area (Å²) < 4.78 is 11.0. The maximum absolute atomic E-state index is 12.3.